The summed E-state index contributed by atoms with van der Waals surface area (Å²) in [5, 5.41) is 6.49. The van der Waals surface area contributed by atoms with Crippen LogP contribution in [0.3, 0.4) is 0 Å². The van der Waals surface area contributed by atoms with E-state index < -0.39 is 0 Å². The van der Waals surface area contributed by atoms with Crippen LogP contribution in [0.5, 0.6) is 0 Å². The lowest BCUT2D eigenvalue weighted by Crippen LogP contribution is -2.46. The van der Waals surface area contributed by atoms with E-state index in [4.69, 9.17) is 9.26 Å². The quantitative estimate of drug-likeness (QED) is 0.903. The zero-order valence-electron chi connectivity index (χ0n) is 11.7. The Balaban J connectivity index is 1.81. The van der Waals surface area contributed by atoms with E-state index in [0.717, 1.165) is 0 Å². The number of amides is 2. The van der Waals surface area contributed by atoms with E-state index in [2.05, 4.69) is 10.5 Å². The van der Waals surface area contributed by atoms with Crippen molar-refractivity contribution in [1.29, 1.82) is 0 Å². The molecule has 2 heterocycles. The second-order valence-corrected chi connectivity index (χ2v) is 4.77. The fourth-order valence-electron chi connectivity index (χ4n) is 2.18. The Labute approximate surface area is 117 Å². The number of piperidine rings is 1. The van der Waals surface area contributed by atoms with Crippen molar-refractivity contribution in [2.45, 2.75) is 32.7 Å². The molecule has 2 amide bonds. The van der Waals surface area contributed by atoms with Crippen molar-refractivity contribution >= 4 is 12.0 Å². The molecule has 0 radical (unpaired) electrons. The normalized spacial score (nSPS) is 16.0. The third-order valence-electron chi connectivity index (χ3n) is 3.31. The fourth-order valence-corrected chi connectivity index (χ4v) is 2.18. The molecule has 1 saturated heterocycles. The van der Waals surface area contributed by atoms with Gasteiger partial charge in [-0.05, 0) is 26.7 Å². The van der Waals surface area contributed by atoms with Crippen LogP contribution in [-0.2, 0) is 4.74 Å². The zero-order valence-corrected chi connectivity index (χ0v) is 11.7. The van der Waals surface area contributed by atoms with Gasteiger partial charge in [-0.2, -0.15) is 0 Å². The Morgan fingerprint density at radius 2 is 2.20 bits per heavy atom. The highest BCUT2D eigenvalue weighted by Gasteiger charge is 2.26. The first kappa shape index (κ1) is 14.4. The van der Waals surface area contributed by atoms with Crippen molar-refractivity contribution in [3.63, 3.8) is 0 Å². The molecule has 0 bridgehead atoms. The minimum atomic E-state index is -0.289. The molecule has 0 saturated carbocycles. The highest BCUT2D eigenvalue weighted by atomic mass is 16.6. The largest absolute Gasteiger partial charge is 0.450 e. The number of ether oxygens (including phenoxy) is 1. The molecular weight excluding hydrogens is 262 g/mol. The summed E-state index contributed by atoms with van der Waals surface area (Å²) in [5.74, 6) is -0.00703. The van der Waals surface area contributed by atoms with Crippen LogP contribution in [0.4, 0.5) is 4.79 Å². The molecule has 0 unspecified atom stereocenters. The fraction of sp³-hybridized carbons (Fsp3) is 0.615. The van der Waals surface area contributed by atoms with Gasteiger partial charge in [-0.25, -0.2) is 4.79 Å². The Morgan fingerprint density at radius 3 is 2.75 bits per heavy atom. The Hall–Kier alpha value is -2.05. The molecule has 0 spiro atoms. The summed E-state index contributed by atoms with van der Waals surface area (Å²) in [7, 11) is 0. The van der Waals surface area contributed by atoms with E-state index in [0.29, 0.717) is 38.1 Å². The van der Waals surface area contributed by atoms with Crippen molar-refractivity contribution in [2.24, 2.45) is 0 Å². The number of hydrogen-bond acceptors (Lipinski definition) is 5. The molecule has 1 N–H and O–H groups in total. The van der Waals surface area contributed by atoms with E-state index in [1.807, 2.05) is 0 Å². The van der Waals surface area contributed by atoms with Crippen molar-refractivity contribution in [3.05, 3.63) is 17.5 Å². The number of aryl methyl sites for hydroxylation is 1. The van der Waals surface area contributed by atoms with E-state index in [1.54, 1.807) is 18.7 Å². The van der Waals surface area contributed by atoms with Gasteiger partial charge < -0.3 is 19.5 Å². The van der Waals surface area contributed by atoms with Gasteiger partial charge in [-0.3, -0.25) is 4.79 Å². The molecule has 2 rings (SSSR count). The van der Waals surface area contributed by atoms with Crippen LogP contribution >= 0.6 is 0 Å². The molecule has 1 aliphatic heterocycles. The summed E-state index contributed by atoms with van der Waals surface area (Å²) in [6.07, 6.45) is 2.64. The second kappa shape index (κ2) is 6.40. The SMILES string of the molecule is CCOC(=O)N1CCC(NC(=O)c2oncc2C)CC1. The van der Waals surface area contributed by atoms with Gasteiger partial charge in [0.1, 0.15) is 0 Å². The van der Waals surface area contributed by atoms with Crippen LogP contribution in [-0.4, -0.2) is 47.8 Å². The maximum atomic E-state index is 12.0. The number of likely N-dealkylation sites (tertiary alicyclic amines) is 1. The van der Waals surface area contributed by atoms with Crippen LogP contribution in [0.1, 0.15) is 35.9 Å². The van der Waals surface area contributed by atoms with Crippen LogP contribution in [0.25, 0.3) is 0 Å². The molecule has 0 aromatic carbocycles. The summed E-state index contributed by atoms with van der Waals surface area (Å²) in [6.45, 7) is 5.10. The topological polar surface area (TPSA) is 84.7 Å². The van der Waals surface area contributed by atoms with Crippen molar-refractivity contribution in [1.82, 2.24) is 15.4 Å². The van der Waals surface area contributed by atoms with E-state index >= 15 is 0 Å². The second-order valence-electron chi connectivity index (χ2n) is 4.77. The van der Waals surface area contributed by atoms with Crippen molar-refractivity contribution < 1.29 is 18.8 Å². The van der Waals surface area contributed by atoms with E-state index in [1.165, 1.54) is 6.20 Å². The van der Waals surface area contributed by atoms with Crippen molar-refractivity contribution in [2.75, 3.05) is 19.7 Å². The molecule has 0 atom stereocenters. The third-order valence-corrected chi connectivity index (χ3v) is 3.31. The van der Waals surface area contributed by atoms with Crippen LogP contribution < -0.4 is 5.32 Å². The van der Waals surface area contributed by atoms with Gasteiger partial charge in [0.15, 0.2) is 0 Å². The predicted molar refractivity (Wildman–Crippen MR) is 70.3 cm³/mol. The number of carbonyl (C=O) groups excluding carboxylic acids is 2. The molecule has 1 fully saturated rings. The first-order chi connectivity index (χ1) is 9.61. The number of carbonyl (C=O) groups is 2. The molecular formula is C13H19N3O4. The average Bonchev–Trinajstić information content (AvgIpc) is 2.86. The third kappa shape index (κ3) is 3.28. The highest BCUT2D eigenvalue weighted by Crippen LogP contribution is 2.13. The first-order valence-electron chi connectivity index (χ1n) is 6.75. The molecule has 1 aromatic heterocycles. The van der Waals surface area contributed by atoms with Gasteiger partial charge >= 0.3 is 6.09 Å². The number of hydrogen-bond donors (Lipinski definition) is 1. The molecule has 7 nitrogen and oxygen atoms in total. The number of nitrogens with one attached hydrogen (secondary N) is 1. The van der Waals surface area contributed by atoms with Crippen LogP contribution in [0, 0.1) is 6.92 Å². The maximum Gasteiger partial charge on any atom is 0.409 e. The summed E-state index contributed by atoms with van der Waals surface area (Å²) >= 11 is 0. The van der Waals surface area contributed by atoms with Gasteiger partial charge in [0.2, 0.25) is 5.76 Å². The Kier molecular flexibility index (Phi) is 4.60. The van der Waals surface area contributed by atoms with E-state index in [9.17, 15) is 9.59 Å². The minimum Gasteiger partial charge on any atom is -0.450 e. The van der Waals surface area contributed by atoms with Gasteiger partial charge in [0.05, 0.1) is 12.8 Å². The lowest BCUT2D eigenvalue weighted by Gasteiger charge is -2.31. The molecule has 20 heavy (non-hydrogen) atoms. The predicted octanol–water partition coefficient (Wildman–Crippen LogP) is 1.33. The molecule has 1 aromatic rings. The van der Waals surface area contributed by atoms with Crippen molar-refractivity contribution in [3.8, 4) is 0 Å². The summed E-state index contributed by atoms with van der Waals surface area (Å²) in [6, 6.07) is 0.0395. The van der Waals surface area contributed by atoms with Gasteiger partial charge in [-0.15, -0.1) is 0 Å². The van der Waals surface area contributed by atoms with Gasteiger partial charge in [0, 0.05) is 24.7 Å². The van der Waals surface area contributed by atoms with Gasteiger partial charge in [-0.1, -0.05) is 5.16 Å². The Morgan fingerprint density at radius 1 is 1.50 bits per heavy atom. The number of nitrogens with zero attached hydrogens (tertiary/aromatic N) is 2. The summed E-state index contributed by atoms with van der Waals surface area (Å²) in [4.78, 5) is 25.2. The van der Waals surface area contributed by atoms with Gasteiger partial charge in [0.25, 0.3) is 5.91 Å². The number of aromatic nitrogens is 1. The van der Waals surface area contributed by atoms with Crippen LogP contribution in [0.2, 0.25) is 0 Å². The minimum absolute atomic E-state index is 0.0395. The zero-order chi connectivity index (χ0) is 14.5. The summed E-state index contributed by atoms with van der Waals surface area (Å²) < 4.78 is 9.86. The molecule has 0 aliphatic carbocycles. The Bertz CT molecular complexity index is 478. The standard InChI is InChI=1S/C13H19N3O4/c1-3-19-13(18)16-6-4-10(5-7-16)15-12(17)11-9(2)8-14-20-11/h8,10H,3-7H2,1-2H3,(H,15,17). The lowest BCUT2D eigenvalue weighted by atomic mass is 10.1. The first-order valence-corrected chi connectivity index (χ1v) is 6.75. The highest BCUT2D eigenvalue weighted by molar-refractivity contribution is 5.92. The molecule has 7 heteroatoms. The summed E-state index contributed by atoms with van der Waals surface area (Å²) in [5.41, 5.74) is 0.714. The molecule has 1 aliphatic rings. The number of rotatable bonds is 3. The smallest absolute Gasteiger partial charge is 0.409 e. The van der Waals surface area contributed by atoms with Crippen LogP contribution in [0.15, 0.2) is 10.7 Å². The molecule has 110 valence electrons. The monoisotopic (exact) mass is 281 g/mol. The maximum absolute atomic E-state index is 12.0. The lowest BCUT2D eigenvalue weighted by molar-refractivity contribution is 0.0833. The average molecular weight is 281 g/mol. The van der Waals surface area contributed by atoms with E-state index in [-0.39, 0.29) is 23.8 Å².